The minimum Gasteiger partial charge on any atom is -0.294 e. The quantitative estimate of drug-likeness (QED) is 0.0747. The van der Waals surface area contributed by atoms with E-state index in [4.69, 9.17) is 4.99 Å². The number of ketones is 1. The topological polar surface area (TPSA) is 29.4 Å². The van der Waals surface area contributed by atoms with E-state index in [1.807, 2.05) is 38.1 Å². The molecule has 0 N–H and O–H groups in total. The Labute approximate surface area is 287 Å². The van der Waals surface area contributed by atoms with Gasteiger partial charge in [0.05, 0.1) is 5.70 Å². The summed E-state index contributed by atoms with van der Waals surface area (Å²) in [6.45, 7) is 30.9. The van der Waals surface area contributed by atoms with Crippen LogP contribution in [0.4, 0.5) is 4.39 Å². The average Bonchev–Trinajstić information content (AvgIpc) is 3.01. The molecule has 1 aromatic carbocycles. The molecule has 0 aromatic heterocycles. The summed E-state index contributed by atoms with van der Waals surface area (Å²) in [5.41, 5.74) is 9.42. The summed E-state index contributed by atoms with van der Waals surface area (Å²) in [7, 11) is 0. The summed E-state index contributed by atoms with van der Waals surface area (Å²) < 4.78 is 13.7. The van der Waals surface area contributed by atoms with E-state index in [0.717, 1.165) is 73.1 Å². The van der Waals surface area contributed by atoms with Crippen LogP contribution < -0.4 is 0 Å². The molecule has 0 spiro atoms. The summed E-state index contributed by atoms with van der Waals surface area (Å²) in [6.07, 6.45) is 21.0. The largest absolute Gasteiger partial charge is 0.294 e. The van der Waals surface area contributed by atoms with E-state index < -0.39 is 0 Å². The summed E-state index contributed by atoms with van der Waals surface area (Å²) >= 11 is 0. The number of carbonyl (C=O) groups excluding carboxylic acids is 1. The van der Waals surface area contributed by atoms with Crippen molar-refractivity contribution >= 4 is 17.6 Å². The first-order valence-electron chi connectivity index (χ1n) is 17.4. The molecule has 2 nitrogen and oxygen atoms in total. The van der Waals surface area contributed by atoms with Crippen molar-refractivity contribution in [2.45, 2.75) is 114 Å². The summed E-state index contributed by atoms with van der Waals surface area (Å²) in [5, 5.41) is 0. The third kappa shape index (κ3) is 16.2. The monoisotopic (exact) mass is 639 g/mol. The number of aliphatic imine (C=N–C) groups is 1. The first kappa shape index (κ1) is 41.4. The fourth-order valence-corrected chi connectivity index (χ4v) is 5.36. The van der Waals surface area contributed by atoms with E-state index in [1.165, 1.54) is 22.8 Å². The molecule has 47 heavy (non-hydrogen) atoms. The number of Topliss-reactive ketones (excluding diaryl/α,β-unsaturated/α-hetero) is 1. The van der Waals surface area contributed by atoms with Crippen LogP contribution in [0.3, 0.4) is 0 Å². The van der Waals surface area contributed by atoms with Crippen LogP contribution in [0, 0.1) is 24.7 Å². The van der Waals surface area contributed by atoms with Gasteiger partial charge < -0.3 is 0 Å². The van der Waals surface area contributed by atoms with Gasteiger partial charge in [0.2, 0.25) is 0 Å². The zero-order valence-corrected chi connectivity index (χ0v) is 31.0. The zero-order valence-electron chi connectivity index (χ0n) is 31.0. The average molecular weight is 640 g/mol. The second kappa shape index (κ2) is 22.1. The lowest BCUT2D eigenvalue weighted by Gasteiger charge is -2.18. The molecule has 1 aromatic rings. The maximum absolute atomic E-state index is 13.7. The number of rotatable bonds is 21. The minimum atomic E-state index is -0.316. The Morgan fingerprint density at radius 1 is 1.00 bits per heavy atom. The Kier molecular flexibility index (Phi) is 19.5. The van der Waals surface area contributed by atoms with Gasteiger partial charge in [-0.1, -0.05) is 113 Å². The first-order chi connectivity index (χ1) is 22.2. The molecule has 0 aliphatic carbocycles. The Morgan fingerprint density at radius 2 is 1.70 bits per heavy atom. The molecule has 2 unspecified atom stereocenters. The standard InChI is InChI=1S/C44H62FNO/c1-13-18-39(22-16-20-34(8)38(12)46-43(32(5)6)28-26-36(10)44(47)29-31(3)4)35(9)21-15-19-33(7)25-27-40-23-17-24-41(37(40)11)30-42(45)14-2/h14-15,17,19,21,23-24,26,28,30-31,34,39H,2,9-10,13,16,18,20,22,25,27,29H2,1,3-8,11-12H3/b21-15-,28-26-,33-19+,42-30+,46-38+. The number of hydrogen-bond acceptors (Lipinski definition) is 2. The van der Waals surface area contributed by atoms with Gasteiger partial charge in [-0.3, -0.25) is 9.79 Å². The molecule has 0 radical (unpaired) electrons. The fourth-order valence-electron chi connectivity index (χ4n) is 5.36. The third-order valence-corrected chi connectivity index (χ3v) is 8.72. The normalized spacial score (nSPS) is 14.1. The van der Waals surface area contributed by atoms with Crippen molar-refractivity contribution in [2.24, 2.45) is 22.7 Å². The Balaban J connectivity index is 2.76. The zero-order chi connectivity index (χ0) is 35.5. The van der Waals surface area contributed by atoms with Crippen LogP contribution >= 0.6 is 0 Å². The molecule has 0 saturated carbocycles. The van der Waals surface area contributed by atoms with Gasteiger partial charge in [-0.05, 0) is 125 Å². The highest BCUT2D eigenvalue weighted by atomic mass is 19.1. The van der Waals surface area contributed by atoms with Gasteiger partial charge in [0.15, 0.2) is 5.78 Å². The predicted octanol–water partition coefficient (Wildman–Crippen LogP) is 13.2. The maximum atomic E-state index is 13.7. The molecule has 0 aliphatic rings. The molecule has 256 valence electrons. The lowest BCUT2D eigenvalue weighted by Crippen LogP contribution is -2.09. The van der Waals surface area contributed by atoms with Gasteiger partial charge in [-0.25, -0.2) is 4.39 Å². The smallest absolute Gasteiger partial charge is 0.162 e. The number of hydrogen-bond donors (Lipinski definition) is 0. The number of aryl methyl sites for hydroxylation is 1. The molecular formula is C44H62FNO. The van der Waals surface area contributed by atoms with E-state index in [2.05, 4.69) is 92.5 Å². The first-order valence-corrected chi connectivity index (χ1v) is 17.4. The van der Waals surface area contributed by atoms with E-state index in [0.29, 0.717) is 29.7 Å². The Hall–Kier alpha value is -3.59. The fraction of sp³-hybridized carbons (Fsp3) is 0.455. The Bertz CT molecular complexity index is 1400. The van der Waals surface area contributed by atoms with Crippen molar-refractivity contribution < 1.29 is 9.18 Å². The molecule has 3 heteroatoms. The summed E-state index contributed by atoms with van der Waals surface area (Å²) in [4.78, 5) is 17.3. The van der Waals surface area contributed by atoms with Crippen LogP contribution in [0.5, 0.6) is 0 Å². The van der Waals surface area contributed by atoms with E-state index in [-0.39, 0.29) is 11.6 Å². The third-order valence-electron chi connectivity index (χ3n) is 8.72. The van der Waals surface area contributed by atoms with Crippen molar-refractivity contribution in [1.82, 2.24) is 0 Å². The summed E-state index contributed by atoms with van der Waals surface area (Å²) in [5.74, 6) is 0.921. The Morgan fingerprint density at radius 3 is 2.32 bits per heavy atom. The molecule has 0 fully saturated rings. The molecule has 1 rings (SSSR count). The highest BCUT2D eigenvalue weighted by Crippen LogP contribution is 2.26. The maximum Gasteiger partial charge on any atom is 0.162 e. The van der Waals surface area contributed by atoms with Gasteiger partial charge in [-0.2, -0.15) is 0 Å². The van der Waals surface area contributed by atoms with Crippen LogP contribution in [0.2, 0.25) is 0 Å². The van der Waals surface area contributed by atoms with E-state index in [1.54, 1.807) is 6.08 Å². The second-order valence-corrected chi connectivity index (χ2v) is 13.6. The number of allylic oxidation sites excluding steroid dienone is 11. The molecule has 0 saturated heterocycles. The van der Waals surface area contributed by atoms with Gasteiger partial charge >= 0.3 is 0 Å². The second-order valence-electron chi connectivity index (χ2n) is 13.6. The van der Waals surface area contributed by atoms with Crippen LogP contribution in [0.25, 0.3) is 6.08 Å². The highest BCUT2D eigenvalue weighted by molar-refractivity contribution is 5.97. The van der Waals surface area contributed by atoms with Crippen molar-refractivity contribution in [2.75, 3.05) is 0 Å². The van der Waals surface area contributed by atoms with E-state index >= 15 is 0 Å². The highest BCUT2D eigenvalue weighted by Gasteiger charge is 2.13. The number of carbonyl (C=O) groups is 1. The van der Waals surface area contributed by atoms with Gasteiger partial charge in [0.1, 0.15) is 5.83 Å². The van der Waals surface area contributed by atoms with Gasteiger partial charge in [-0.15, -0.1) is 0 Å². The van der Waals surface area contributed by atoms with Crippen molar-refractivity contribution in [3.05, 3.63) is 125 Å². The van der Waals surface area contributed by atoms with Crippen LogP contribution in [0.15, 0.2) is 113 Å². The summed E-state index contributed by atoms with van der Waals surface area (Å²) in [6, 6.07) is 6.06. The molecule has 0 amide bonds. The molecule has 0 aliphatic heterocycles. The van der Waals surface area contributed by atoms with E-state index in [9.17, 15) is 9.18 Å². The molecule has 2 atom stereocenters. The van der Waals surface area contributed by atoms with Gasteiger partial charge in [0, 0.05) is 17.7 Å². The number of halogens is 1. The molecule has 0 heterocycles. The lowest BCUT2D eigenvalue weighted by atomic mass is 9.88. The van der Waals surface area contributed by atoms with Crippen molar-refractivity contribution in [3.8, 4) is 0 Å². The number of nitrogens with zero attached hydrogens (tertiary/aromatic N) is 1. The molecule has 0 bridgehead atoms. The van der Waals surface area contributed by atoms with Crippen molar-refractivity contribution in [1.29, 1.82) is 0 Å². The number of benzene rings is 1. The minimum absolute atomic E-state index is 0.0900. The van der Waals surface area contributed by atoms with Crippen LogP contribution in [0.1, 0.15) is 117 Å². The predicted molar refractivity (Wildman–Crippen MR) is 206 cm³/mol. The van der Waals surface area contributed by atoms with Crippen LogP contribution in [-0.2, 0) is 11.2 Å². The van der Waals surface area contributed by atoms with Gasteiger partial charge in [0.25, 0.3) is 0 Å². The molecular weight excluding hydrogens is 577 g/mol. The van der Waals surface area contributed by atoms with Crippen molar-refractivity contribution in [3.63, 3.8) is 0 Å². The lowest BCUT2D eigenvalue weighted by molar-refractivity contribution is -0.115. The SMILES string of the molecule is C=C/C(F)=C\c1cccc(CC/C(C)=C/C=C\C(=C)C(CCC)CCCC(C)/C(C)=N/C(/C=C\C(=C)C(=O)CC(C)C)=C(C)C)c1C. The van der Waals surface area contributed by atoms with Crippen LogP contribution in [-0.4, -0.2) is 11.5 Å².